The fourth-order valence-corrected chi connectivity index (χ4v) is 2.85. The van der Waals surface area contributed by atoms with Crippen molar-refractivity contribution in [3.05, 3.63) is 0 Å². The lowest BCUT2D eigenvalue weighted by Gasteiger charge is -2.50. The molecule has 2 atom stereocenters. The average Bonchev–Trinajstić information content (AvgIpc) is 2.36. The Kier molecular flexibility index (Phi) is 4.58. The summed E-state index contributed by atoms with van der Waals surface area (Å²) in [6.45, 7) is 10.3. The Morgan fingerprint density at radius 1 is 1.31 bits per heavy atom. The molecule has 0 radical (unpaired) electrons. The zero-order valence-corrected chi connectivity index (χ0v) is 10.6. The lowest BCUT2D eigenvalue weighted by atomic mass is 10.0. The summed E-state index contributed by atoms with van der Waals surface area (Å²) in [6.07, 6.45) is 1.19. The van der Waals surface area contributed by atoms with E-state index in [-0.39, 0.29) is 0 Å². The SMILES string of the molecule is CCCNC(COC)C1CN2CCN1CC2. The van der Waals surface area contributed by atoms with Crippen LogP contribution < -0.4 is 5.32 Å². The molecule has 3 saturated heterocycles. The van der Waals surface area contributed by atoms with Crippen molar-refractivity contribution in [2.75, 3.05) is 53.0 Å². The van der Waals surface area contributed by atoms with Gasteiger partial charge in [-0.15, -0.1) is 0 Å². The lowest BCUT2D eigenvalue weighted by molar-refractivity contribution is -0.0164. The summed E-state index contributed by atoms with van der Waals surface area (Å²) in [4.78, 5) is 5.22. The molecule has 3 heterocycles. The molecule has 0 amide bonds. The van der Waals surface area contributed by atoms with Gasteiger partial charge in [-0.2, -0.15) is 0 Å². The molecule has 0 saturated carbocycles. The first-order chi connectivity index (χ1) is 7.85. The predicted molar refractivity (Wildman–Crippen MR) is 65.8 cm³/mol. The Morgan fingerprint density at radius 3 is 2.56 bits per heavy atom. The van der Waals surface area contributed by atoms with Crippen LogP contribution in [0, 0.1) is 0 Å². The van der Waals surface area contributed by atoms with E-state index >= 15 is 0 Å². The molecular formula is C12H25N3O. The predicted octanol–water partition coefficient (Wildman–Crippen LogP) is 0.000800. The molecular weight excluding hydrogens is 202 g/mol. The highest BCUT2D eigenvalue weighted by molar-refractivity contribution is 4.94. The van der Waals surface area contributed by atoms with Gasteiger partial charge in [0.15, 0.2) is 0 Å². The maximum Gasteiger partial charge on any atom is 0.0631 e. The molecule has 0 aliphatic carbocycles. The van der Waals surface area contributed by atoms with Crippen molar-refractivity contribution in [1.82, 2.24) is 15.1 Å². The molecule has 0 aromatic heterocycles. The molecule has 0 aromatic carbocycles. The van der Waals surface area contributed by atoms with Gasteiger partial charge < -0.3 is 10.1 Å². The molecule has 16 heavy (non-hydrogen) atoms. The minimum absolute atomic E-state index is 0.494. The molecule has 2 bridgehead atoms. The van der Waals surface area contributed by atoms with E-state index in [4.69, 9.17) is 4.74 Å². The van der Waals surface area contributed by atoms with Gasteiger partial charge in [0, 0.05) is 51.9 Å². The summed E-state index contributed by atoms with van der Waals surface area (Å²) < 4.78 is 5.35. The van der Waals surface area contributed by atoms with Crippen molar-refractivity contribution in [1.29, 1.82) is 0 Å². The molecule has 0 spiro atoms. The van der Waals surface area contributed by atoms with Crippen LogP contribution in [0.4, 0.5) is 0 Å². The van der Waals surface area contributed by atoms with Gasteiger partial charge in [-0.05, 0) is 13.0 Å². The van der Waals surface area contributed by atoms with Gasteiger partial charge >= 0.3 is 0 Å². The summed E-state index contributed by atoms with van der Waals surface area (Å²) >= 11 is 0. The summed E-state index contributed by atoms with van der Waals surface area (Å²) in [5, 5.41) is 3.63. The van der Waals surface area contributed by atoms with E-state index < -0.39 is 0 Å². The first kappa shape index (κ1) is 12.3. The van der Waals surface area contributed by atoms with E-state index in [1.165, 1.54) is 39.1 Å². The zero-order chi connectivity index (χ0) is 11.4. The van der Waals surface area contributed by atoms with Crippen molar-refractivity contribution in [3.63, 3.8) is 0 Å². The highest BCUT2D eigenvalue weighted by atomic mass is 16.5. The van der Waals surface area contributed by atoms with E-state index in [0.29, 0.717) is 12.1 Å². The van der Waals surface area contributed by atoms with Crippen molar-refractivity contribution >= 4 is 0 Å². The van der Waals surface area contributed by atoms with Crippen LogP contribution in [0.25, 0.3) is 0 Å². The fraction of sp³-hybridized carbons (Fsp3) is 1.00. The molecule has 1 N–H and O–H groups in total. The van der Waals surface area contributed by atoms with Gasteiger partial charge in [0.2, 0.25) is 0 Å². The van der Waals surface area contributed by atoms with Gasteiger partial charge in [-0.25, -0.2) is 0 Å². The molecule has 94 valence electrons. The highest BCUT2D eigenvalue weighted by Gasteiger charge is 2.36. The third-order valence-electron chi connectivity index (χ3n) is 3.79. The van der Waals surface area contributed by atoms with Gasteiger partial charge in [0.1, 0.15) is 0 Å². The second-order valence-corrected chi connectivity index (χ2v) is 4.92. The van der Waals surface area contributed by atoms with Crippen LogP contribution in [0.1, 0.15) is 13.3 Å². The van der Waals surface area contributed by atoms with Crippen LogP contribution in [0.2, 0.25) is 0 Å². The molecule has 3 fully saturated rings. The Hall–Kier alpha value is -0.160. The van der Waals surface area contributed by atoms with Gasteiger partial charge in [-0.3, -0.25) is 9.80 Å². The minimum atomic E-state index is 0.494. The van der Waals surface area contributed by atoms with Gasteiger partial charge in [0.25, 0.3) is 0 Å². The lowest BCUT2D eigenvalue weighted by Crippen LogP contribution is -2.67. The maximum absolute atomic E-state index is 5.35. The standard InChI is InChI=1S/C12H25N3O/c1-3-4-13-11(10-16-2)12-9-14-5-7-15(12)8-6-14/h11-13H,3-10H2,1-2H3. The number of hydrogen-bond donors (Lipinski definition) is 1. The van der Waals surface area contributed by atoms with Crippen LogP contribution >= 0.6 is 0 Å². The average molecular weight is 227 g/mol. The monoisotopic (exact) mass is 227 g/mol. The Bertz CT molecular complexity index is 204. The van der Waals surface area contributed by atoms with E-state index in [0.717, 1.165) is 13.2 Å². The normalized spacial score (nSPS) is 35.2. The van der Waals surface area contributed by atoms with E-state index in [1.807, 2.05) is 0 Å². The second-order valence-electron chi connectivity index (χ2n) is 4.92. The highest BCUT2D eigenvalue weighted by Crippen LogP contribution is 2.18. The van der Waals surface area contributed by atoms with Crippen LogP contribution in [-0.2, 0) is 4.74 Å². The number of fused-ring (bicyclic) bond motifs is 3. The summed E-state index contributed by atoms with van der Waals surface area (Å²) in [5.74, 6) is 0. The van der Waals surface area contributed by atoms with E-state index in [2.05, 4.69) is 22.0 Å². The third kappa shape index (κ3) is 2.74. The number of ether oxygens (including phenoxy) is 1. The molecule has 0 aromatic rings. The molecule has 4 nitrogen and oxygen atoms in total. The van der Waals surface area contributed by atoms with E-state index in [1.54, 1.807) is 7.11 Å². The summed E-state index contributed by atoms with van der Waals surface area (Å²) in [5.41, 5.74) is 0. The van der Waals surface area contributed by atoms with Crippen molar-refractivity contribution in [2.45, 2.75) is 25.4 Å². The Morgan fingerprint density at radius 2 is 2.06 bits per heavy atom. The Labute approximate surface area is 98.9 Å². The van der Waals surface area contributed by atoms with Crippen molar-refractivity contribution < 1.29 is 4.74 Å². The molecule has 2 unspecified atom stereocenters. The van der Waals surface area contributed by atoms with Crippen LogP contribution in [-0.4, -0.2) is 74.9 Å². The third-order valence-corrected chi connectivity index (χ3v) is 3.79. The van der Waals surface area contributed by atoms with Crippen LogP contribution in [0.3, 0.4) is 0 Å². The fourth-order valence-electron chi connectivity index (χ4n) is 2.85. The first-order valence-corrected chi connectivity index (χ1v) is 6.54. The largest absolute Gasteiger partial charge is 0.383 e. The molecule has 3 aliphatic heterocycles. The van der Waals surface area contributed by atoms with Gasteiger partial charge in [0.05, 0.1) is 6.61 Å². The first-order valence-electron chi connectivity index (χ1n) is 6.54. The number of rotatable bonds is 6. The number of methoxy groups -OCH3 is 1. The quantitative estimate of drug-likeness (QED) is 0.691. The smallest absolute Gasteiger partial charge is 0.0631 e. The van der Waals surface area contributed by atoms with Crippen molar-refractivity contribution in [2.24, 2.45) is 0 Å². The number of nitrogens with zero attached hydrogens (tertiary/aromatic N) is 2. The number of nitrogens with one attached hydrogen (secondary N) is 1. The van der Waals surface area contributed by atoms with Crippen LogP contribution in [0.15, 0.2) is 0 Å². The second kappa shape index (κ2) is 5.96. The summed E-state index contributed by atoms with van der Waals surface area (Å²) in [6, 6.07) is 1.14. The van der Waals surface area contributed by atoms with E-state index in [9.17, 15) is 0 Å². The maximum atomic E-state index is 5.35. The zero-order valence-electron chi connectivity index (χ0n) is 10.6. The summed E-state index contributed by atoms with van der Waals surface area (Å²) in [7, 11) is 1.80. The molecule has 3 aliphatic rings. The van der Waals surface area contributed by atoms with Crippen molar-refractivity contribution in [3.8, 4) is 0 Å². The molecule has 3 rings (SSSR count). The minimum Gasteiger partial charge on any atom is -0.383 e. The van der Waals surface area contributed by atoms with Gasteiger partial charge in [-0.1, -0.05) is 6.92 Å². The number of hydrogen-bond acceptors (Lipinski definition) is 4. The van der Waals surface area contributed by atoms with Crippen LogP contribution in [0.5, 0.6) is 0 Å². The Balaban J connectivity index is 1.91. The molecule has 4 heteroatoms. The topological polar surface area (TPSA) is 27.7 Å². The number of piperazine rings is 3.